The number of aliphatic hydroxyl groups excluding tert-OH is 1. The van der Waals surface area contributed by atoms with Crippen LogP contribution in [0.25, 0.3) is 0 Å². The molecular weight excluding hydrogens is 769 g/mol. The molecular formula is C46H82O10Si2. The minimum absolute atomic E-state index is 0.0347. The average molecular weight is 851 g/mol. The number of hydrogen-bond acceptors (Lipinski definition) is 10. The molecule has 2 aliphatic heterocycles. The molecule has 2 heterocycles. The first-order valence-electron chi connectivity index (χ1n) is 22.0. The molecule has 2 N–H and O–H groups in total. The number of methoxy groups -OCH3 is 2. The molecule has 11 atom stereocenters. The summed E-state index contributed by atoms with van der Waals surface area (Å²) >= 11 is 0. The molecule has 0 amide bonds. The van der Waals surface area contributed by atoms with Crippen LogP contribution < -0.4 is 0 Å². The summed E-state index contributed by atoms with van der Waals surface area (Å²) in [7, 11) is -0.871. The van der Waals surface area contributed by atoms with E-state index in [0.29, 0.717) is 11.8 Å². The van der Waals surface area contributed by atoms with Gasteiger partial charge in [0.25, 0.3) is 0 Å². The molecule has 10 nitrogen and oxygen atoms in total. The topological polar surface area (TPSA) is 130 Å². The minimum atomic E-state index is -2.29. The van der Waals surface area contributed by atoms with Crippen LogP contribution in [0.5, 0.6) is 0 Å². The fraction of sp³-hybridized carbons (Fsp3) is 0.826. The first-order chi connectivity index (χ1) is 26.7. The molecule has 0 aromatic rings. The van der Waals surface area contributed by atoms with Crippen molar-refractivity contribution >= 4 is 28.3 Å². The molecule has 2 saturated heterocycles. The summed E-state index contributed by atoms with van der Waals surface area (Å²) in [5, 5.41) is 24.0. The molecule has 3 aliphatic rings. The molecule has 1 saturated carbocycles. The highest BCUT2D eigenvalue weighted by Crippen LogP contribution is 2.47. The van der Waals surface area contributed by atoms with Crippen LogP contribution in [0, 0.1) is 29.6 Å². The lowest BCUT2D eigenvalue weighted by molar-refractivity contribution is -0.338. The van der Waals surface area contributed by atoms with Gasteiger partial charge in [-0.1, -0.05) is 98.8 Å². The Labute approximate surface area is 354 Å². The zero-order chi connectivity index (χ0) is 44.0. The predicted octanol–water partition coefficient (Wildman–Crippen LogP) is 9.39. The van der Waals surface area contributed by atoms with Crippen molar-refractivity contribution in [2.24, 2.45) is 29.6 Å². The van der Waals surface area contributed by atoms with Crippen LogP contribution in [-0.2, 0) is 37.7 Å². The van der Waals surface area contributed by atoms with Crippen LogP contribution >= 0.6 is 0 Å². The van der Waals surface area contributed by atoms with E-state index in [2.05, 4.69) is 94.2 Å². The minimum Gasteiger partial charge on any atom is -0.466 e. The van der Waals surface area contributed by atoms with Gasteiger partial charge in [-0.3, -0.25) is 4.79 Å². The summed E-state index contributed by atoms with van der Waals surface area (Å²) in [6, 6.07) is 0.754. The Bertz CT molecular complexity index is 1460. The van der Waals surface area contributed by atoms with Crippen LogP contribution in [0.1, 0.15) is 107 Å². The Morgan fingerprint density at radius 2 is 1.66 bits per heavy atom. The summed E-state index contributed by atoms with van der Waals surface area (Å²) in [4.78, 5) is 26.9. The van der Waals surface area contributed by atoms with Gasteiger partial charge >= 0.3 is 11.9 Å². The number of aliphatic hydroxyl groups is 2. The van der Waals surface area contributed by atoms with Crippen LogP contribution in [0.15, 0.2) is 35.5 Å². The van der Waals surface area contributed by atoms with Crippen LogP contribution in [0.3, 0.4) is 0 Å². The quantitative estimate of drug-likeness (QED) is 0.0510. The van der Waals surface area contributed by atoms with Crippen molar-refractivity contribution < 1.29 is 47.9 Å². The predicted molar refractivity (Wildman–Crippen MR) is 237 cm³/mol. The Kier molecular flexibility index (Phi) is 17.9. The van der Waals surface area contributed by atoms with Gasteiger partial charge in [0.2, 0.25) is 0 Å². The fourth-order valence-corrected chi connectivity index (χ4v) is 10.9. The molecule has 12 heteroatoms. The summed E-state index contributed by atoms with van der Waals surface area (Å²) in [6.45, 7) is 31.1. The zero-order valence-corrected chi connectivity index (χ0v) is 41.1. The first kappa shape index (κ1) is 50.7. The van der Waals surface area contributed by atoms with Crippen molar-refractivity contribution in [3.05, 3.63) is 35.5 Å². The SMILES string of the molecule is COC(=O)/C(=C\C=C\[C@H](C)C/C(C)=C/C[C@@H]1C[C@H](O[Si](C)(C)C(C)(C)C)C[C@]2(CC[C@H](C)[C@@H](C(C)C)O2)O1)[C@]1(O)[C@H](O)[C@H](OC)[C@@H](C)C[C@H]1C(=O)OCC[Si](C)(C)C. The standard InChI is InChI=1S/C46H82O10Si2/c1-30(2)39-33(5)22-23-45(55-39)29-36(56-58(15,16)44(7,8)9)28-35(54-45)21-20-32(4)26-31(3)18-17-19-37(42(48)52-11)46(50)38(27-34(6)40(51-10)41(46)47)43(49)53-24-25-57(12,13)14/h17-20,30-31,33-36,38-41,47,50H,21-29H2,1-16H3/b18-17+,32-20+,37-19+/t31-,33-,34-,35+,36-,38-,39+,40+,41+,45+,46+/m0/s1. The highest BCUT2D eigenvalue weighted by atomic mass is 28.4. The Morgan fingerprint density at radius 1 is 1.00 bits per heavy atom. The molecule has 0 aromatic carbocycles. The van der Waals surface area contributed by atoms with Crippen molar-refractivity contribution in [3.8, 4) is 0 Å². The molecule has 58 heavy (non-hydrogen) atoms. The maximum Gasteiger partial charge on any atom is 0.336 e. The van der Waals surface area contributed by atoms with Gasteiger partial charge in [0.05, 0.1) is 49.6 Å². The largest absolute Gasteiger partial charge is 0.466 e. The van der Waals surface area contributed by atoms with E-state index < -0.39 is 57.8 Å². The second-order valence-corrected chi connectivity index (χ2v) is 31.4. The zero-order valence-electron chi connectivity index (χ0n) is 39.1. The number of carbonyl (C=O) groups excluding carboxylic acids is 2. The highest BCUT2D eigenvalue weighted by Gasteiger charge is 2.60. The van der Waals surface area contributed by atoms with E-state index in [1.54, 1.807) is 6.08 Å². The molecule has 0 aromatic heterocycles. The number of carbonyl (C=O) groups is 2. The van der Waals surface area contributed by atoms with Crippen molar-refractivity contribution in [1.29, 1.82) is 0 Å². The lowest BCUT2D eigenvalue weighted by atomic mass is 9.64. The molecule has 3 rings (SSSR count). The molecule has 1 aliphatic carbocycles. The summed E-state index contributed by atoms with van der Waals surface area (Å²) in [5.74, 6) is -2.66. The van der Waals surface area contributed by atoms with Crippen molar-refractivity contribution in [2.75, 3.05) is 20.8 Å². The third-order valence-electron chi connectivity index (χ3n) is 13.3. The Balaban J connectivity index is 1.82. The maximum absolute atomic E-state index is 13.6. The van der Waals surface area contributed by atoms with Gasteiger partial charge in [-0.05, 0) is 93.0 Å². The lowest BCUT2D eigenvalue weighted by Gasteiger charge is -2.52. The van der Waals surface area contributed by atoms with E-state index in [-0.39, 0.29) is 53.8 Å². The second-order valence-electron chi connectivity index (χ2n) is 21.1. The Hall–Kier alpha value is -1.65. The third kappa shape index (κ3) is 12.9. The van der Waals surface area contributed by atoms with Gasteiger partial charge in [0.15, 0.2) is 14.1 Å². The number of allylic oxidation sites excluding steroid dienone is 4. The van der Waals surface area contributed by atoms with Crippen molar-refractivity contribution in [2.45, 2.75) is 193 Å². The molecule has 334 valence electrons. The monoisotopic (exact) mass is 851 g/mol. The maximum atomic E-state index is 13.6. The van der Waals surface area contributed by atoms with Crippen LogP contribution in [0.4, 0.5) is 0 Å². The van der Waals surface area contributed by atoms with E-state index in [9.17, 15) is 19.8 Å². The van der Waals surface area contributed by atoms with Gasteiger partial charge in [0, 0.05) is 28.0 Å². The fourth-order valence-electron chi connectivity index (χ4n) is 8.82. The summed E-state index contributed by atoms with van der Waals surface area (Å²) < 4.78 is 37.3. The van der Waals surface area contributed by atoms with Crippen molar-refractivity contribution in [3.63, 3.8) is 0 Å². The van der Waals surface area contributed by atoms with E-state index in [1.165, 1.54) is 25.9 Å². The van der Waals surface area contributed by atoms with Crippen molar-refractivity contribution in [1.82, 2.24) is 0 Å². The molecule has 0 bridgehead atoms. The van der Waals surface area contributed by atoms with Gasteiger partial charge in [0.1, 0.15) is 11.7 Å². The van der Waals surface area contributed by atoms with Gasteiger partial charge in [-0.15, -0.1) is 0 Å². The van der Waals surface area contributed by atoms with E-state index in [0.717, 1.165) is 44.6 Å². The molecule has 3 fully saturated rings. The summed E-state index contributed by atoms with van der Waals surface area (Å²) in [5.41, 5.74) is -1.30. The van der Waals surface area contributed by atoms with E-state index in [1.807, 2.05) is 13.0 Å². The smallest absolute Gasteiger partial charge is 0.336 e. The normalized spacial score (nSPS) is 33.8. The average Bonchev–Trinajstić information content (AvgIpc) is 3.10. The van der Waals surface area contributed by atoms with E-state index in [4.69, 9.17) is 28.1 Å². The lowest BCUT2D eigenvalue weighted by Crippen LogP contribution is -2.64. The summed E-state index contributed by atoms with van der Waals surface area (Å²) in [6.07, 6.45) is 10.3. The molecule has 0 radical (unpaired) electrons. The van der Waals surface area contributed by atoms with Gasteiger partial charge < -0.3 is 38.3 Å². The number of hydrogen-bond donors (Lipinski definition) is 2. The first-order valence-corrected chi connectivity index (χ1v) is 28.6. The van der Waals surface area contributed by atoms with Crippen LogP contribution in [-0.4, -0.2) is 101 Å². The Morgan fingerprint density at radius 3 is 2.22 bits per heavy atom. The van der Waals surface area contributed by atoms with E-state index >= 15 is 0 Å². The van der Waals surface area contributed by atoms with Gasteiger partial charge in [-0.2, -0.15) is 0 Å². The number of rotatable bonds is 16. The third-order valence-corrected chi connectivity index (χ3v) is 19.5. The molecule has 0 unspecified atom stereocenters. The van der Waals surface area contributed by atoms with Crippen LogP contribution in [0.2, 0.25) is 43.8 Å². The molecule has 1 spiro atoms. The second kappa shape index (κ2) is 20.5. The number of ether oxygens (including phenoxy) is 5. The highest BCUT2D eigenvalue weighted by molar-refractivity contribution is 6.76. The van der Waals surface area contributed by atoms with Gasteiger partial charge in [-0.25, -0.2) is 4.79 Å². The number of esters is 2.